The molecule has 1 amide bonds. The van der Waals surface area contributed by atoms with Crippen molar-refractivity contribution < 1.29 is 9.18 Å². The topological polar surface area (TPSA) is 35.6 Å². The third-order valence-corrected chi connectivity index (χ3v) is 3.27. The fourth-order valence-corrected chi connectivity index (χ4v) is 2.12. The zero-order chi connectivity index (χ0) is 15.8. The Kier molecular flexibility index (Phi) is 7.15. The van der Waals surface area contributed by atoms with Crippen molar-refractivity contribution in [1.29, 1.82) is 0 Å². The maximum absolute atomic E-state index is 13.5. The van der Waals surface area contributed by atoms with Crippen LogP contribution in [0.25, 0.3) is 0 Å². The zero-order valence-electron chi connectivity index (χ0n) is 13.4. The average Bonchev–Trinajstić information content (AvgIpc) is 2.44. The Labute approximate surface area is 126 Å². The molecule has 0 bridgehead atoms. The van der Waals surface area contributed by atoms with Crippen LogP contribution in [0.1, 0.15) is 25.8 Å². The van der Waals surface area contributed by atoms with Crippen molar-refractivity contribution in [2.75, 3.05) is 38.6 Å². The molecule has 0 aliphatic carbocycles. The van der Waals surface area contributed by atoms with Crippen molar-refractivity contribution in [2.45, 2.75) is 26.8 Å². The molecule has 5 heteroatoms. The molecule has 0 aliphatic rings. The van der Waals surface area contributed by atoms with Crippen LogP contribution in [0.5, 0.6) is 0 Å². The normalized spacial score (nSPS) is 10.5. The molecule has 0 heterocycles. The van der Waals surface area contributed by atoms with Gasteiger partial charge in [-0.3, -0.25) is 4.79 Å². The number of amides is 1. The molecule has 118 valence electrons. The zero-order valence-corrected chi connectivity index (χ0v) is 13.4. The van der Waals surface area contributed by atoms with E-state index in [1.807, 2.05) is 11.8 Å². The predicted molar refractivity (Wildman–Crippen MR) is 85.0 cm³/mol. The molecule has 1 rings (SSSR count). The van der Waals surface area contributed by atoms with Gasteiger partial charge in [0, 0.05) is 32.9 Å². The first kappa shape index (κ1) is 17.4. The highest BCUT2D eigenvalue weighted by Crippen LogP contribution is 2.22. The van der Waals surface area contributed by atoms with Gasteiger partial charge in [0.05, 0.1) is 6.54 Å². The molecule has 0 aromatic heterocycles. The molecule has 0 fully saturated rings. The van der Waals surface area contributed by atoms with E-state index in [1.54, 1.807) is 31.1 Å². The van der Waals surface area contributed by atoms with Crippen molar-refractivity contribution in [2.24, 2.45) is 0 Å². The lowest BCUT2D eigenvalue weighted by atomic mass is 10.1. The van der Waals surface area contributed by atoms with E-state index in [9.17, 15) is 9.18 Å². The van der Waals surface area contributed by atoms with E-state index < -0.39 is 0 Å². The minimum atomic E-state index is -0.248. The van der Waals surface area contributed by atoms with Gasteiger partial charge in [-0.2, -0.15) is 0 Å². The number of carbonyl (C=O) groups is 1. The Morgan fingerprint density at radius 2 is 2.00 bits per heavy atom. The molecule has 0 radical (unpaired) electrons. The number of hydrogen-bond donors (Lipinski definition) is 1. The number of nitrogens with one attached hydrogen (secondary N) is 1. The second kappa shape index (κ2) is 8.62. The summed E-state index contributed by atoms with van der Waals surface area (Å²) in [5, 5.41) is 3.22. The summed E-state index contributed by atoms with van der Waals surface area (Å²) in [7, 11) is 3.49. The monoisotopic (exact) mass is 295 g/mol. The largest absolute Gasteiger partial charge is 0.362 e. The lowest BCUT2D eigenvalue weighted by Gasteiger charge is -2.27. The third-order valence-electron chi connectivity index (χ3n) is 3.27. The molecule has 0 saturated heterocycles. The minimum absolute atomic E-state index is 0.0437. The van der Waals surface area contributed by atoms with Gasteiger partial charge in [0.2, 0.25) is 5.91 Å². The lowest BCUT2D eigenvalue weighted by molar-refractivity contribution is -0.127. The molecule has 21 heavy (non-hydrogen) atoms. The van der Waals surface area contributed by atoms with Gasteiger partial charge in [-0.1, -0.05) is 13.8 Å². The summed E-state index contributed by atoms with van der Waals surface area (Å²) in [6.45, 7) is 6.58. The highest BCUT2D eigenvalue weighted by Gasteiger charge is 2.16. The van der Waals surface area contributed by atoms with Crippen LogP contribution in [0.2, 0.25) is 0 Å². The van der Waals surface area contributed by atoms with Gasteiger partial charge >= 0.3 is 0 Å². The quantitative estimate of drug-likeness (QED) is 0.799. The Morgan fingerprint density at radius 3 is 2.57 bits per heavy atom. The van der Waals surface area contributed by atoms with E-state index in [4.69, 9.17) is 0 Å². The van der Waals surface area contributed by atoms with Gasteiger partial charge in [-0.15, -0.1) is 0 Å². The van der Waals surface area contributed by atoms with Crippen molar-refractivity contribution in [3.63, 3.8) is 0 Å². The van der Waals surface area contributed by atoms with Gasteiger partial charge in [0.25, 0.3) is 0 Å². The van der Waals surface area contributed by atoms with Gasteiger partial charge in [-0.25, -0.2) is 4.39 Å². The van der Waals surface area contributed by atoms with Crippen molar-refractivity contribution in [3.05, 3.63) is 29.6 Å². The lowest BCUT2D eigenvalue weighted by Crippen LogP contribution is -2.37. The summed E-state index contributed by atoms with van der Waals surface area (Å²) in [5.41, 5.74) is 1.81. The van der Waals surface area contributed by atoms with Gasteiger partial charge in [0.15, 0.2) is 0 Å². The Bertz CT molecular complexity index is 463. The molecule has 0 unspecified atom stereocenters. The van der Waals surface area contributed by atoms with Crippen LogP contribution in [0.4, 0.5) is 10.1 Å². The molecule has 1 aromatic rings. The summed E-state index contributed by atoms with van der Waals surface area (Å²) >= 11 is 0. The molecule has 1 N–H and O–H groups in total. The van der Waals surface area contributed by atoms with Gasteiger partial charge in [-0.05, 0) is 36.7 Å². The van der Waals surface area contributed by atoms with Crippen LogP contribution in [0, 0.1) is 5.82 Å². The van der Waals surface area contributed by atoms with Crippen LogP contribution in [0.15, 0.2) is 18.2 Å². The van der Waals surface area contributed by atoms with Crippen LogP contribution < -0.4 is 10.2 Å². The first-order chi connectivity index (χ1) is 9.99. The fraction of sp³-hybridized carbons (Fsp3) is 0.562. The SMILES string of the molecule is CCCN(CC(=O)N(C)C)c1ccc(F)cc1CNCC. The molecule has 1 aromatic carbocycles. The van der Waals surface area contributed by atoms with E-state index in [2.05, 4.69) is 12.2 Å². The number of halogens is 1. The van der Waals surface area contributed by atoms with Gasteiger partial charge < -0.3 is 15.1 Å². The number of benzene rings is 1. The fourth-order valence-electron chi connectivity index (χ4n) is 2.12. The molecule has 4 nitrogen and oxygen atoms in total. The van der Waals surface area contributed by atoms with Crippen molar-refractivity contribution >= 4 is 11.6 Å². The van der Waals surface area contributed by atoms with Crippen LogP contribution in [-0.2, 0) is 11.3 Å². The summed E-state index contributed by atoms with van der Waals surface area (Å²) in [4.78, 5) is 15.6. The number of nitrogens with zero attached hydrogens (tertiary/aromatic N) is 2. The standard InChI is InChI=1S/C16H26FN3O/c1-5-9-20(12-16(21)19(3)4)15-8-7-14(17)10-13(15)11-18-6-2/h7-8,10,18H,5-6,9,11-12H2,1-4H3. The maximum atomic E-state index is 13.5. The Morgan fingerprint density at radius 1 is 1.29 bits per heavy atom. The van der Waals surface area contributed by atoms with Crippen LogP contribution in [-0.4, -0.2) is 44.5 Å². The molecular formula is C16H26FN3O. The average molecular weight is 295 g/mol. The van der Waals surface area contributed by atoms with E-state index >= 15 is 0 Å². The number of likely N-dealkylation sites (N-methyl/N-ethyl adjacent to an activating group) is 1. The Hall–Kier alpha value is -1.62. The van der Waals surface area contributed by atoms with Crippen LogP contribution >= 0.6 is 0 Å². The highest BCUT2D eigenvalue weighted by molar-refractivity contribution is 5.81. The maximum Gasteiger partial charge on any atom is 0.241 e. The smallest absolute Gasteiger partial charge is 0.241 e. The van der Waals surface area contributed by atoms with E-state index in [0.717, 1.165) is 30.8 Å². The molecule has 0 saturated carbocycles. The van der Waals surface area contributed by atoms with Crippen molar-refractivity contribution in [1.82, 2.24) is 10.2 Å². The highest BCUT2D eigenvalue weighted by atomic mass is 19.1. The molecule has 0 aliphatic heterocycles. The first-order valence-electron chi connectivity index (χ1n) is 7.43. The van der Waals surface area contributed by atoms with Crippen LogP contribution in [0.3, 0.4) is 0 Å². The van der Waals surface area contributed by atoms with E-state index in [1.165, 1.54) is 6.07 Å². The Balaban J connectivity index is 3.02. The van der Waals surface area contributed by atoms with Crippen molar-refractivity contribution in [3.8, 4) is 0 Å². The predicted octanol–water partition coefficient (Wildman–Crippen LogP) is 2.24. The molecule has 0 atom stereocenters. The number of carbonyl (C=O) groups excluding carboxylic acids is 1. The second-order valence-corrected chi connectivity index (χ2v) is 5.26. The summed E-state index contributed by atoms with van der Waals surface area (Å²) in [6, 6.07) is 4.76. The second-order valence-electron chi connectivity index (χ2n) is 5.26. The third kappa shape index (κ3) is 5.34. The summed E-state index contributed by atoms with van der Waals surface area (Å²) < 4.78 is 13.5. The number of anilines is 1. The molecular weight excluding hydrogens is 269 g/mol. The summed E-state index contributed by atoms with van der Waals surface area (Å²) in [6.07, 6.45) is 0.929. The van der Waals surface area contributed by atoms with Gasteiger partial charge in [0.1, 0.15) is 5.82 Å². The molecule has 0 spiro atoms. The van der Waals surface area contributed by atoms with E-state index in [-0.39, 0.29) is 11.7 Å². The minimum Gasteiger partial charge on any atom is -0.362 e. The van der Waals surface area contributed by atoms with E-state index in [0.29, 0.717) is 13.1 Å². The summed E-state index contributed by atoms with van der Waals surface area (Å²) in [5.74, 6) is -0.204. The first-order valence-corrected chi connectivity index (χ1v) is 7.43. The number of hydrogen-bond acceptors (Lipinski definition) is 3. The number of rotatable bonds is 8.